The molecule has 0 aliphatic heterocycles. The molecule has 0 radical (unpaired) electrons. The number of hydrogen-bond acceptors (Lipinski definition) is 2. The number of rotatable bonds is 1. The average Bonchev–Trinajstić information content (AvgIpc) is 2.13. The molecule has 1 aromatic rings. The van der Waals surface area contributed by atoms with Crippen molar-refractivity contribution in [1.82, 2.24) is 9.19 Å². The van der Waals surface area contributed by atoms with Gasteiger partial charge >= 0.3 is 60.7 Å². The van der Waals surface area contributed by atoms with Gasteiger partial charge in [-0.25, -0.2) is 0 Å². The molecule has 0 saturated heterocycles. The van der Waals surface area contributed by atoms with Crippen LogP contribution in [-0.4, -0.2) is 23.9 Å². The summed E-state index contributed by atoms with van der Waals surface area (Å²) in [6.07, 6.45) is 0. The van der Waals surface area contributed by atoms with Gasteiger partial charge in [-0.05, 0) is 0 Å². The van der Waals surface area contributed by atoms with Gasteiger partial charge in [0.05, 0.1) is 0 Å². The number of nitrogens with zero attached hydrogens (tertiary/aromatic N) is 2. The van der Waals surface area contributed by atoms with Gasteiger partial charge in [0.25, 0.3) is 0 Å². The predicted octanol–water partition coefficient (Wildman–Crippen LogP) is 0.965. The molecule has 0 saturated carbocycles. The Morgan fingerprint density at radius 2 is 2.11 bits per heavy atom. The van der Waals surface area contributed by atoms with E-state index in [0.717, 1.165) is 5.69 Å². The first-order valence-electron chi connectivity index (χ1n) is 3.00. The molecule has 9 heavy (non-hydrogen) atoms. The van der Waals surface area contributed by atoms with E-state index in [1.165, 1.54) is 4.44 Å². The van der Waals surface area contributed by atoms with Crippen LogP contribution in [0.25, 0.3) is 0 Å². The third-order valence-corrected chi connectivity index (χ3v) is 3.58. The molecular formula is C6H10N2Se. The third kappa shape index (κ3) is 1.40. The van der Waals surface area contributed by atoms with E-state index in [2.05, 4.69) is 23.0 Å². The van der Waals surface area contributed by atoms with Crippen LogP contribution in [0.15, 0.2) is 0 Å². The molecular weight excluding hydrogens is 179 g/mol. The summed E-state index contributed by atoms with van der Waals surface area (Å²) in [5.41, 5.74) is 1.14. The summed E-state index contributed by atoms with van der Waals surface area (Å²) in [4.78, 5) is 0. The molecule has 1 aromatic heterocycles. The molecule has 0 aliphatic carbocycles. The second kappa shape index (κ2) is 2.63. The Kier molecular flexibility index (Phi) is 2.04. The molecule has 50 valence electrons. The zero-order valence-corrected chi connectivity index (χ0v) is 7.59. The SMILES string of the molecule is Cc1nn[se]c1C(C)C. The molecule has 0 unspecified atom stereocenters. The third-order valence-electron chi connectivity index (χ3n) is 1.21. The standard InChI is InChI=1S/C6H10N2Se/c1-4(2)6-5(3)7-8-9-6/h4H,1-3H3. The number of hydrogen-bond donors (Lipinski definition) is 0. The van der Waals surface area contributed by atoms with E-state index in [-0.39, 0.29) is 0 Å². The molecule has 1 rings (SSSR count). The first-order chi connectivity index (χ1) is 4.22. The Bertz CT molecular complexity index is 193. The number of aryl methyl sites for hydroxylation is 1. The van der Waals surface area contributed by atoms with Crippen LogP contribution in [0.3, 0.4) is 0 Å². The molecule has 0 fully saturated rings. The van der Waals surface area contributed by atoms with Crippen molar-refractivity contribution < 1.29 is 0 Å². The van der Waals surface area contributed by atoms with Gasteiger partial charge in [0.15, 0.2) is 0 Å². The van der Waals surface area contributed by atoms with Crippen molar-refractivity contribution in [2.75, 3.05) is 0 Å². The van der Waals surface area contributed by atoms with Crippen LogP contribution in [-0.2, 0) is 0 Å². The van der Waals surface area contributed by atoms with E-state index < -0.39 is 0 Å². The van der Waals surface area contributed by atoms with E-state index in [1.54, 1.807) is 0 Å². The summed E-state index contributed by atoms with van der Waals surface area (Å²) in [6, 6.07) is 0. The molecule has 0 atom stereocenters. The van der Waals surface area contributed by atoms with Crippen molar-refractivity contribution in [3.8, 4) is 0 Å². The van der Waals surface area contributed by atoms with Gasteiger partial charge in [-0.3, -0.25) is 0 Å². The topological polar surface area (TPSA) is 25.8 Å². The van der Waals surface area contributed by atoms with Gasteiger partial charge in [0, 0.05) is 0 Å². The quantitative estimate of drug-likeness (QED) is 0.615. The first kappa shape index (κ1) is 6.97. The molecule has 0 N–H and O–H groups in total. The Morgan fingerprint density at radius 3 is 2.33 bits per heavy atom. The first-order valence-corrected chi connectivity index (χ1v) is 4.63. The van der Waals surface area contributed by atoms with Gasteiger partial charge in [-0.1, -0.05) is 0 Å². The van der Waals surface area contributed by atoms with Crippen LogP contribution >= 0.6 is 0 Å². The fourth-order valence-corrected chi connectivity index (χ4v) is 2.10. The van der Waals surface area contributed by atoms with Gasteiger partial charge in [-0.2, -0.15) is 0 Å². The van der Waals surface area contributed by atoms with Crippen LogP contribution < -0.4 is 0 Å². The van der Waals surface area contributed by atoms with Gasteiger partial charge in [0.1, 0.15) is 0 Å². The molecule has 0 aliphatic rings. The summed E-state index contributed by atoms with van der Waals surface area (Å²) in [7, 11) is 0. The Morgan fingerprint density at radius 1 is 1.44 bits per heavy atom. The van der Waals surface area contributed by atoms with Crippen molar-refractivity contribution >= 4 is 14.7 Å². The molecule has 0 bridgehead atoms. The summed E-state index contributed by atoms with van der Waals surface area (Å²) >= 11 is 0.318. The van der Waals surface area contributed by atoms with E-state index in [9.17, 15) is 0 Å². The van der Waals surface area contributed by atoms with Crippen molar-refractivity contribution in [3.63, 3.8) is 0 Å². The van der Waals surface area contributed by atoms with Crippen LogP contribution in [0.5, 0.6) is 0 Å². The summed E-state index contributed by atoms with van der Waals surface area (Å²) in [6.45, 7) is 6.42. The van der Waals surface area contributed by atoms with E-state index >= 15 is 0 Å². The van der Waals surface area contributed by atoms with Crippen molar-refractivity contribution in [3.05, 3.63) is 10.1 Å². The molecule has 3 heteroatoms. The van der Waals surface area contributed by atoms with Crippen LogP contribution in [0.1, 0.15) is 29.9 Å². The Labute approximate surface area is 61.3 Å². The van der Waals surface area contributed by atoms with Crippen LogP contribution in [0.4, 0.5) is 0 Å². The van der Waals surface area contributed by atoms with Crippen molar-refractivity contribution in [1.29, 1.82) is 0 Å². The Balaban J connectivity index is 2.94. The second-order valence-electron chi connectivity index (χ2n) is 2.38. The second-order valence-corrected chi connectivity index (χ2v) is 4.03. The van der Waals surface area contributed by atoms with E-state index in [4.69, 9.17) is 0 Å². The van der Waals surface area contributed by atoms with E-state index in [0.29, 0.717) is 20.7 Å². The molecule has 0 spiro atoms. The van der Waals surface area contributed by atoms with Crippen LogP contribution in [0, 0.1) is 6.92 Å². The number of aromatic nitrogens is 2. The van der Waals surface area contributed by atoms with Crippen LogP contribution in [0.2, 0.25) is 0 Å². The monoisotopic (exact) mass is 190 g/mol. The summed E-state index contributed by atoms with van der Waals surface area (Å²) < 4.78 is 5.43. The molecule has 1 heterocycles. The fraction of sp³-hybridized carbons (Fsp3) is 0.667. The summed E-state index contributed by atoms with van der Waals surface area (Å²) in [5, 5.41) is 3.97. The zero-order valence-electron chi connectivity index (χ0n) is 5.88. The van der Waals surface area contributed by atoms with Gasteiger partial charge < -0.3 is 0 Å². The normalized spacial score (nSPS) is 10.7. The van der Waals surface area contributed by atoms with Gasteiger partial charge in [-0.15, -0.1) is 0 Å². The maximum atomic E-state index is 3.98. The zero-order chi connectivity index (χ0) is 6.85. The fourth-order valence-electron chi connectivity index (χ4n) is 0.764. The predicted molar refractivity (Wildman–Crippen MR) is 37.8 cm³/mol. The molecule has 0 aromatic carbocycles. The molecule has 0 amide bonds. The van der Waals surface area contributed by atoms with E-state index in [1.807, 2.05) is 6.92 Å². The Hall–Kier alpha value is -0.141. The maximum absolute atomic E-state index is 3.98. The van der Waals surface area contributed by atoms with Crippen molar-refractivity contribution in [2.45, 2.75) is 26.7 Å². The minimum atomic E-state index is 0.318. The average molecular weight is 189 g/mol. The molecule has 2 nitrogen and oxygen atoms in total. The van der Waals surface area contributed by atoms with Gasteiger partial charge in [0.2, 0.25) is 0 Å². The minimum absolute atomic E-state index is 0.318. The summed E-state index contributed by atoms with van der Waals surface area (Å²) in [5.74, 6) is 0.639. The van der Waals surface area contributed by atoms with Crippen molar-refractivity contribution in [2.24, 2.45) is 0 Å².